The molecule has 5 rings (SSSR count). The fourth-order valence-electron chi connectivity index (χ4n) is 2.74. The number of hydrogen-bond acceptors (Lipinski definition) is 6. The molecule has 5 nitrogen and oxygen atoms in total. The van der Waals surface area contributed by atoms with Crippen LogP contribution in [0.1, 0.15) is 0 Å². The highest BCUT2D eigenvalue weighted by Crippen LogP contribution is 2.41. The Kier molecular flexibility index (Phi) is 3.39. The van der Waals surface area contributed by atoms with Crippen LogP contribution in [0.25, 0.3) is 42.7 Å². The lowest BCUT2D eigenvalue weighted by molar-refractivity contribution is 1.10. The minimum Gasteiger partial charge on any atom is -0.259 e. The van der Waals surface area contributed by atoms with Crippen LogP contribution in [0.5, 0.6) is 0 Å². The normalized spacial score (nSPS) is 11.2. The quantitative estimate of drug-likeness (QED) is 0.498. The predicted molar refractivity (Wildman–Crippen MR) is 102 cm³/mol. The van der Waals surface area contributed by atoms with Crippen molar-refractivity contribution in [2.24, 2.45) is 0 Å². The Hall–Kier alpha value is -2.90. The van der Waals surface area contributed by atoms with E-state index in [0.29, 0.717) is 0 Å². The van der Waals surface area contributed by atoms with E-state index in [1.807, 2.05) is 36.5 Å². The van der Waals surface area contributed by atoms with Crippen molar-refractivity contribution in [3.8, 4) is 32.5 Å². The lowest BCUT2D eigenvalue weighted by Crippen LogP contribution is -1.84. The van der Waals surface area contributed by atoms with Gasteiger partial charge in [-0.25, -0.2) is 9.97 Å². The smallest absolute Gasteiger partial charge is 0.167 e. The van der Waals surface area contributed by atoms with Gasteiger partial charge in [0, 0.05) is 17.3 Å². The Morgan fingerprint density at radius 2 is 1.88 bits per heavy atom. The number of thiophene rings is 1. The highest BCUT2D eigenvalue weighted by atomic mass is 32.1. The molecule has 0 radical (unpaired) electrons. The van der Waals surface area contributed by atoms with Crippen LogP contribution in [0.2, 0.25) is 0 Å². The van der Waals surface area contributed by atoms with Crippen molar-refractivity contribution in [3.63, 3.8) is 0 Å². The largest absolute Gasteiger partial charge is 0.259 e. The summed E-state index contributed by atoms with van der Waals surface area (Å²) in [5.41, 5.74) is 4.08. The van der Waals surface area contributed by atoms with E-state index in [9.17, 15) is 0 Å². The summed E-state index contributed by atoms with van der Waals surface area (Å²) in [6.07, 6.45) is 3.36. The van der Waals surface area contributed by atoms with Crippen molar-refractivity contribution in [3.05, 3.63) is 60.4 Å². The van der Waals surface area contributed by atoms with E-state index in [1.54, 1.807) is 22.7 Å². The SMILES string of the molecule is c1ccc(-c2nc(-c3ccnc4ccsc34)sc2-c2ncn[nH]2)cc1. The van der Waals surface area contributed by atoms with Gasteiger partial charge in [0.05, 0.1) is 20.8 Å². The monoisotopic (exact) mass is 361 g/mol. The zero-order valence-electron chi connectivity index (χ0n) is 12.9. The van der Waals surface area contributed by atoms with Crippen molar-refractivity contribution in [1.29, 1.82) is 0 Å². The molecule has 4 aromatic heterocycles. The second-order valence-electron chi connectivity index (χ2n) is 5.39. The van der Waals surface area contributed by atoms with Crippen LogP contribution in [0.3, 0.4) is 0 Å². The van der Waals surface area contributed by atoms with E-state index < -0.39 is 0 Å². The molecule has 0 bridgehead atoms. The highest BCUT2D eigenvalue weighted by Gasteiger charge is 2.19. The maximum absolute atomic E-state index is 4.95. The van der Waals surface area contributed by atoms with Crippen LogP contribution >= 0.6 is 22.7 Å². The first kappa shape index (κ1) is 14.4. The lowest BCUT2D eigenvalue weighted by Gasteiger charge is -1.99. The Balaban J connectivity index is 1.76. The number of benzene rings is 1. The van der Waals surface area contributed by atoms with Crippen molar-refractivity contribution in [1.82, 2.24) is 25.1 Å². The van der Waals surface area contributed by atoms with Gasteiger partial charge >= 0.3 is 0 Å². The number of pyridine rings is 1. The lowest BCUT2D eigenvalue weighted by atomic mass is 10.1. The van der Waals surface area contributed by atoms with Gasteiger partial charge in [-0.3, -0.25) is 10.1 Å². The average Bonchev–Trinajstić information content (AvgIpc) is 3.40. The predicted octanol–water partition coefficient (Wildman–Crippen LogP) is 4.87. The van der Waals surface area contributed by atoms with Gasteiger partial charge < -0.3 is 0 Å². The number of rotatable bonds is 3. The average molecular weight is 361 g/mol. The molecular formula is C18H11N5S2. The van der Waals surface area contributed by atoms with Crippen LogP contribution in [0, 0.1) is 0 Å². The topological polar surface area (TPSA) is 67.3 Å². The first-order chi connectivity index (χ1) is 12.4. The minimum absolute atomic E-state index is 0.735. The third kappa shape index (κ3) is 2.45. The van der Waals surface area contributed by atoms with Gasteiger partial charge in [0.15, 0.2) is 5.82 Å². The molecular weight excluding hydrogens is 350 g/mol. The second kappa shape index (κ2) is 5.87. The zero-order valence-corrected chi connectivity index (χ0v) is 14.5. The molecule has 0 saturated carbocycles. The molecule has 0 aliphatic carbocycles. The van der Waals surface area contributed by atoms with E-state index in [0.717, 1.165) is 42.7 Å². The van der Waals surface area contributed by atoms with Gasteiger partial charge in [0.1, 0.15) is 11.3 Å². The Morgan fingerprint density at radius 1 is 0.960 bits per heavy atom. The molecule has 1 aromatic carbocycles. The van der Waals surface area contributed by atoms with Crippen LogP contribution in [0.4, 0.5) is 0 Å². The summed E-state index contributed by atoms with van der Waals surface area (Å²) < 4.78 is 1.15. The number of thiazole rings is 1. The first-order valence-corrected chi connectivity index (χ1v) is 9.34. The number of nitrogens with one attached hydrogen (secondary N) is 1. The van der Waals surface area contributed by atoms with Crippen LogP contribution in [-0.4, -0.2) is 25.1 Å². The fraction of sp³-hybridized carbons (Fsp3) is 0. The van der Waals surface area contributed by atoms with E-state index in [-0.39, 0.29) is 0 Å². The molecule has 0 saturated heterocycles. The number of aromatic amines is 1. The molecule has 0 amide bonds. The molecule has 0 spiro atoms. The number of fused-ring (bicyclic) bond motifs is 1. The molecule has 4 heterocycles. The van der Waals surface area contributed by atoms with Crippen molar-refractivity contribution in [2.75, 3.05) is 0 Å². The van der Waals surface area contributed by atoms with E-state index in [4.69, 9.17) is 4.98 Å². The minimum atomic E-state index is 0.735. The summed E-state index contributed by atoms with van der Waals surface area (Å²) in [5.74, 6) is 0.735. The Morgan fingerprint density at radius 3 is 2.72 bits per heavy atom. The number of H-pyrrole nitrogens is 1. The molecule has 120 valence electrons. The van der Waals surface area contributed by atoms with Crippen molar-refractivity contribution < 1.29 is 0 Å². The van der Waals surface area contributed by atoms with Crippen molar-refractivity contribution >= 4 is 32.9 Å². The molecule has 1 N–H and O–H groups in total. The summed E-state index contributed by atoms with van der Waals surface area (Å²) in [6.45, 7) is 0. The molecule has 0 fully saturated rings. The molecule has 0 aliphatic rings. The standard InChI is InChI=1S/C18H11N5S2/c1-2-4-11(5-3-1)14-16(17-20-10-21-23-17)25-18(22-14)12-6-8-19-13-7-9-24-15(12)13/h1-10H,(H,20,21,23). The number of nitrogens with zero attached hydrogens (tertiary/aromatic N) is 4. The summed E-state index contributed by atoms with van der Waals surface area (Å²) in [7, 11) is 0. The zero-order chi connectivity index (χ0) is 16.6. The van der Waals surface area contributed by atoms with Gasteiger partial charge in [-0.05, 0) is 17.5 Å². The molecule has 0 unspecified atom stereocenters. The third-order valence-corrected chi connectivity index (χ3v) is 5.91. The summed E-state index contributed by atoms with van der Waals surface area (Å²) in [4.78, 5) is 14.7. The second-order valence-corrected chi connectivity index (χ2v) is 7.31. The maximum atomic E-state index is 4.95. The van der Waals surface area contributed by atoms with Gasteiger partial charge in [-0.15, -0.1) is 22.7 Å². The summed E-state index contributed by atoms with van der Waals surface area (Å²) in [5, 5.41) is 9.97. The molecule has 7 heteroatoms. The van der Waals surface area contributed by atoms with Crippen LogP contribution in [-0.2, 0) is 0 Å². The first-order valence-electron chi connectivity index (χ1n) is 7.65. The van der Waals surface area contributed by atoms with Crippen LogP contribution < -0.4 is 0 Å². The Bertz CT molecular complexity index is 1140. The molecule has 0 aliphatic heterocycles. The van der Waals surface area contributed by atoms with Gasteiger partial charge in [0.25, 0.3) is 0 Å². The van der Waals surface area contributed by atoms with Crippen LogP contribution in [0.15, 0.2) is 60.4 Å². The van der Waals surface area contributed by atoms with Crippen molar-refractivity contribution in [2.45, 2.75) is 0 Å². The molecule has 0 atom stereocenters. The number of hydrogen-bond donors (Lipinski definition) is 1. The van der Waals surface area contributed by atoms with Gasteiger partial charge in [-0.2, -0.15) is 5.10 Å². The van der Waals surface area contributed by atoms with E-state index >= 15 is 0 Å². The summed E-state index contributed by atoms with van der Waals surface area (Å²) in [6, 6.07) is 14.2. The van der Waals surface area contributed by atoms with E-state index in [2.05, 4.69) is 37.7 Å². The number of aromatic nitrogens is 5. The Labute approximate surface area is 151 Å². The van der Waals surface area contributed by atoms with Gasteiger partial charge in [0.2, 0.25) is 0 Å². The fourth-order valence-corrected chi connectivity index (χ4v) is 4.74. The summed E-state index contributed by atoms with van der Waals surface area (Å²) >= 11 is 3.30. The van der Waals surface area contributed by atoms with Gasteiger partial charge in [-0.1, -0.05) is 30.3 Å². The molecule has 5 aromatic rings. The van der Waals surface area contributed by atoms with E-state index in [1.165, 1.54) is 6.33 Å². The highest BCUT2D eigenvalue weighted by molar-refractivity contribution is 7.20. The molecule has 25 heavy (non-hydrogen) atoms. The third-order valence-electron chi connectivity index (χ3n) is 3.88. The maximum Gasteiger partial charge on any atom is 0.167 e.